The summed E-state index contributed by atoms with van der Waals surface area (Å²) in [7, 11) is 0. The molecule has 1 unspecified atom stereocenters. The maximum atomic E-state index is 4.39. The lowest BCUT2D eigenvalue weighted by Gasteiger charge is -2.34. The molecule has 1 saturated heterocycles. The number of rotatable bonds is 4. The molecule has 96 valence electrons. The van der Waals surface area contributed by atoms with Crippen LogP contribution in [0.4, 0.5) is 5.95 Å². The molecule has 5 heteroatoms. The van der Waals surface area contributed by atoms with Crippen molar-refractivity contribution in [3.05, 3.63) is 5.82 Å². The fourth-order valence-corrected chi connectivity index (χ4v) is 2.55. The summed E-state index contributed by atoms with van der Waals surface area (Å²) in [6, 6.07) is 0. The predicted molar refractivity (Wildman–Crippen MR) is 69.1 cm³/mol. The molecule has 0 aromatic carbocycles. The Kier molecular flexibility index (Phi) is 3.66. The molecule has 0 saturated carbocycles. The standard InChI is InChI=1S/C12H23N5/c1-4-13-11-16-15-10(17(11)5-2)12(3)8-6-7-9-14-12/h14H,4-9H2,1-3H3,(H,13,16). The van der Waals surface area contributed by atoms with Gasteiger partial charge < -0.3 is 10.6 Å². The average molecular weight is 237 g/mol. The SMILES string of the molecule is CCNc1nnc(C2(C)CCCCN2)n1CC. The molecule has 0 aliphatic carbocycles. The molecule has 17 heavy (non-hydrogen) atoms. The third-order valence-corrected chi connectivity index (χ3v) is 3.51. The van der Waals surface area contributed by atoms with Gasteiger partial charge in [-0.3, -0.25) is 4.57 Å². The zero-order valence-electron chi connectivity index (χ0n) is 11.1. The van der Waals surface area contributed by atoms with Gasteiger partial charge >= 0.3 is 0 Å². The van der Waals surface area contributed by atoms with E-state index in [-0.39, 0.29) is 5.54 Å². The van der Waals surface area contributed by atoms with E-state index in [1.165, 1.54) is 12.8 Å². The van der Waals surface area contributed by atoms with Crippen LogP contribution in [0.2, 0.25) is 0 Å². The van der Waals surface area contributed by atoms with E-state index in [0.717, 1.165) is 37.8 Å². The molecular weight excluding hydrogens is 214 g/mol. The van der Waals surface area contributed by atoms with Crippen molar-refractivity contribution in [2.45, 2.75) is 52.1 Å². The van der Waals surface area contributed by atoms with Gasteiger partial charge in [0.25, 0.3) is 0 Å². The van der Waals surface area contributed by atoms with Crippen molar-refractivity contribution in [1.82, 2.24) is 20.1 Å². The van der Waals surface area contributed by atoms with E-state index in [1.54, 1.807) is 0 Å². The minimum atomic E-state index is -0.0189. The highest BCUT2D eigenvalue weighted by Crippen LogP contribution is 2.29. The van der Waals surface area contributed by atoms with Crippen LogP contribution >= 0.6 is 0 Å². The predicted octanol–water partition coefficient (Wildman–Crippen LogP) is 1.72. The number of anilines is 1. The van der Waals surface area contributed by atoms with E-state index in [9.17, 15) is 0 Å². The first-order valence-corrected chi connectivity index (χ1v) is 6.64. The van der Waals surface area contributed by atoms with Gasteiger partial charge in [-0.25, -0.2) is 0 Å². The van der Waals surface area contributed by atoms with Crippen LogP contribution in [0.3, 0.4) is 0 Å². The van der Waals surface area contributed by atoms with Gasteiger partial charge in [-0.2, -0.15) is 0 Å². The lowest BCUT2D eigenvalue weighted by molar-refractivity contribution is 0.260. The number of aromatic nitrogens is 3. The molecule has 0 spiro atoms. The summed E-state index contributed by atoms with van der Waals surface area (Å²) in [4.78, 5) is 0. The highest BCUT2D eigenvalue weighted by molar-refractivity contribution is 5.28. The smallest absolute Gasteiger partial charge is 0.224 e. The summed E-state index contributed by atoms with van der Waals surface area (Å²) in [5.74, 6) is 1.95. The maximum absolute atomic E-state index is 4.39. The van der Waals surface area contributed by atoms with E-state index >= 15 is 0 Å². The van der Waals surface area contributed by atoms with Crippen molar-refractivity contribution < 1.29 is 0 Å². The van der Waals surface area contributed by atoms with Crippen LogP contribution in [0, 0.1) is 0 Å². The van der Waals surface area contributed by atoms with E-state index in [4.69, 9.17) is 0 Å². The van der Waals surface area contributed by atoms with Crippen LogP contribution in [0.5, 0.6) is 0 Å². The van der Waals surface area contributed by atoms with Crippen LogP contribution in [0.15, 0.2) is 0 Å². The fraction of sp³-hybridized carbons (Fsp3) is 0.833. The van der Waals surface area contributed by atoms with Gasteiger partial charge in [-0.05, 0) is 46.6 Å². The molecule has 1 atom stereocenters. The summed E-state index contributed by atoms with van der Waals surface area (Å²) >= 11 is 0. The summed E-state index contributed by atoms with van der Waals surface area (Å²) in [5, 5.41) is 15.5. The van der Waals surface area contributed by atoms with Gasteiger partial charge in [-0.1, -0.05) is 0 Å². The van der Waals surface area contributed by atoms with E-state index in [2.05, 4.69) is 46.2 Å². The Morgan fingerprint density at radius 3 is 2.76 bits per heavy atom. The molecule has 1 aliphatic rings. The molecule has 1 aromatic rings. The quantitative estimate of drug-likeness (QED) is 0.837. The lowest BCUT2D eigenvalue weighted by Crippen LogP contribution is -2.45. The molecule has 1 fully saturated rings. The van der Waals surface area contributed by atoms with Crippen molar-refractivity contribution in [2.24, 2.45) is 0 Å². The molecule has 0 amide bonds. The molecule has 2 rings (SSSR count). The molecule has 1 aliphatic heterocycles. The van der Waals surface area contributed by atoms with Crippen LogP contribution in [0.25, 0.3) is 0 Å². The zero-order valence-corrected chi connectivity index (χ0v) is 11.1. The highest BCUT2D eigenvalue weighted by atomic mass is 15.4. The van der Waals surface area contributed by atoms with E-state index in [0.29, 0.717) is 0 Å². The van der Waals surface area contributed by atoms with Crippen LogP contribution < -0.4 is 10.6 Å². The van der Waals surface area contributed by atoms with Crippen LogP contribution in [-0.2, 0) is 12.1 Å². The molecule has 1 aromatic heterocycles. The van der Waals surface area contributed by atoms with Gasteiger partial charge in [-0.15, -0.1) is 10.2 Å². The van der Waals surface area contributed by atoms with Crippen molar-refractivity contribution in [3.63, 3.8) is 0 Å². The third kappa shape index (κ3) is 2.29. The van der Waals surface area contributed by atoms with Crippen LogP contribution in [-0.4, -0.2) is 27.9 Å². The number of nitrogens with zero attached hydrogens (tertiary/aromatic N) is 3. The molecule has 2 N–H and O–H groups in total. The summed E-state index contributed by atoms with van der Waals surface area (Å²) in [6.07, 6.45) is 3.66. The monoisotopic (exact) mass is 237 g/mol. The normalized spacial score (nSPS) is 24.9. The van der Waals surface area contributed by atoms with Gasteiger partial charge in [0, 0.05) is 13.1 Å². The van der Waals surface area contributed by atoms with Crippen molar-refractivity contribution in [1.29, 1.82) is 0 Å². The van der Waals surface area contributed by atoms with Gasteiger partial charge in [0.15, 0.2) is 5.82 Å². The molecular formula is C12H23N5. The largest absolute Gasteiger partial charge is 0.355 e. The minimum Gasteiger partial charge on any atom is -0.355 e. The summed E-state index contributed by atoms with van der Waals surface area (Å²) in [5.41, 5.74) is -0.0189. The fourth-order valence-electron chi connectivity index (χ4n) is 2.55. The Morgan fingerprint density at radius 1 is 1.35 bits per heavy atom. The Hall–Kier alpha value is -1.10. The Balaban J connectivity index is 2.30. The lowest BCUT2D eigenvalue weighted by atomic mass is 9.90. The maximum Gasteiger partial charge on any atom is 0.224 e. The van der Waals surface area contributed by atoms with Crippen molar-refractivity contribution in [3.8, 4) is 0 Å². The third-order valence-electron chi connectivity index (χ3n) is 3.51. The van der Waals surface area contributed by atoms with Crippen molar-refractivity contribution >= 4 is 5.95 Å². The molecule has 5 nitrogen and oxygen atoms in total. The first-order chi connectivity index (χ1) is 8.21. The van der Waals surface area contributed by atoms with E-state index < -0.39 is 0 Å². The Bertz CT molecular complexity index is 365. The van der Waals surface area contributed by atoms with Crippen molar-refractivity contribution in [2.75, 3.05) is 18.4 Å². The molecule has 0 bridgehead atoms. The zero-order chi connectivity index (χ0) is 12.3. The number of hydrogen-bond acceptors (Lipinski definition) is 4. The van der Waals surface area contributed by atoms with E-state index in [1.807, 2.05) is 0 Å². The van der Waals surface area contributed by atoms with Crippen LogP contribution in [0.1, 0.15) is 45.9 Å². The molecule has 2 heterocycles. The molecule has 0 radical (unpaired) electrons. The summed E-state index contributed by atoms with van der Waals surface area (Å²) < 4.78 is 2.18. The van der Waals surface area contributed by atoms with Gasteiger partial charge in [0.1, 0.15) is 0 Å². The number of hydrogen-bond donors (Lipinski definition) is 2. The number of piperidine rings is 1. The second-order valence-corrected chi connectivity index (χ2v) is 4.84. The second-order valence-electron chi connectivity index (χ2n) is 4.84. The first kappa shape index (κ1) is 12.4. The minimum absolute atomic E-state index is 0.0189. The second kappa shape index (κ2) is 5.04. The topological polar surface area (TPSA) is 54.8 Å². The number of nitrogens with one attached hydrogen (secondary N) is 2. The average Bonchev–Trinajstić information content (AvgIpc) is 2.74. The Labute approximate surface area is 103 Å². The Morgan fingerprint density at radius 2 is 2.18 bits per heavy atom. The summed E-state index contributed by atoms with van der Waals surface area (Å²) in [6.45, 7) is 9.31. The first-order valence-electron chi connectivity index (χ1n) is 6.64. The van der Waals surface area contributed by atoms with Gasteiger partial charge in [0.05, 0.1) is 5.54 Å². The van der Waals surface area contributed by atoms with Gasteiger partial charge in [0.2, 0.25) is 5.95 Å². The highest BCUT2D eigenvalue weighted by Gasteiger charge is 2.33.